The van der Waals surface area contributed by atoms with E-state index in [1.165, 1.54) is 7.11 Å². The quantitative estimate of drug-likeness (QED) is 0.455. The number of methoxy groups -OCH3 is 1. The lowest BCUT2D eigenvalue weighted by Crippen LogP contribution is -2.29. The van der Waals surface area contributed by atoms with Gasteiger partial charge in [-0.25, -0.2) is 34.7 Å². The van der Waals surface area contributed by atoms with Crippen molar-refractivity contribution >= 4 is 21.6 Å². The number of anilines is 1. The van der Waals surface area contributed by atoms with E-state index in [1.54, 1.807) is 0 Å². The molecule has 0 heterocycles. The number of hydrogen-bond acceptors (Lipinski definition) is 4. The number of ether oxygens (including phenoxy) is 1. The summed E-state index contributed by atoms with van der Waals surface area (Å²) in [5.74, 6) is -12.0. The van der Waals surface area contributed by atoms with Crippen molar-refractivity contribution in [3.63, 3.8) is 0 Å². The van der Waals surface area contributed by atoms with E-state index in [9.17, 15) is 35.2 Å². The van der Waals surface area contributed by atoms with Crippen LogP contribution in [0.1, 0.15) is 10.4 Å². The highest BCUT2D eigenvalue weighted by Gasteiger charge is 2.37. The van der Waals surface area contributed by atoms with Gasteiger partial charge in [0.15, 0.2) is 34.8 Å². The van der Waals surface area contributed by atoms with Crippen LogP contribution in [0.25, 0.3) is 0 Å². The van der Waals surface area contributed by atoms with Crippen LogP contribution < -0.4 is 10.1 Å². The predicted molar refractivity (Wildman–Crippen MR) is 88.1 cm³/mol. The summed E-state index contributed by atoms with van der Waals surface area (Å²) < 4.78 is 98.9. The Hall–Kier alpha value is -2.73. The van der Waals surface area contributed by atoms with Crippen molar-refractivity contribution in [2.45, 2.75) is 4.90 Å². The number of halogens is 5. The average Bonchev–Trinajstić information content (AvgIpc) is 2.62. The lowest BCUT2D eigenvalue weighted by Gasteiger charge is -2.17. The third-order valence-corrected chi connectivity index (χ3v) is 5.46. The van der Waals surface area contributed by atoms with Crippen molar-refractivity contribution in [1.29, 1.82) is 0 Å². The van der Waals surface area contributed by atoms with Crippen LogP contribution in [-0.4, -0.2) is 39.8 Å². The van der Waals surface area contributed by atoms with Gasteiger partial charge >= 0.3 is 0 Å². The molecule has 0 saturated carbocycles. The number of carbonyl (C=O) groups excluding carboxylic acids is 1. The van der Waals surface area contributed by atoms with E-state index in [1.807, 2.05) is 5.32 Å². The zero-order chi connectivity index (χ0) is 21.4. The van der Waals surface area contributed by atoms with E-state index < -0.39 is 55.5 Å². The first-order valence-electron chi connectivity index (χ1n) is 7.36. The molecule has 0 aliphatic rings. The topological polar surface area (TPSA) is 75.7 Å². The lowest BCUT2D eigenvalue weighted by molar-refractivity contribution is 0.101. The summed E-state index contributed by atoms with van der Waals surface area (Å²) in [5.41, 5.74) is -1.90. The summed E-state index contributed by atoms with van der Waals surface area (Å²) in [5, 5.41) is 1.90. The third kappa shape index (κ3) is 3.64. The van der Waals surface area contributed by atoms with Crippen LogP contribution >= 0.6 is 0 Å². The minimum absolute atomic E-state index is 0.195. The molecule has 2 aromatic carbocycles. The van der Waals surface area contributed by atoms with Gasteiger partial charge in [-0.05, 0) is 12.1 Å². The van der Waals surface area contributed by atoms with E-state index in [-0.39, 0.29) is 11.4 Å². The standard InChI is InChI=1S/C16H13F5N2O4S/c1-23(2)28(25,26)15-10(11(18)12(19)13(20)14(15)21)16(24)22-7-4-5-9(27-3)8(17)6-7/h4-6H,1-3H3,(H,22,24). The van der Waals surface area contributed by atoms with Crippen LogP contribution in [-0.2, 0) is 10.0 Å². The molecule has 0 atom stereocenters. The van der Waals surface area contributed by atoms with Gasteiger partial charge in [0.05, 0.1) is 7.11 Å². The number of nitrogens with one attached hydrogen (secondary N) is 1. The minimum Gasteiger partial charge on any atom is -0.494 e. The highest BCUT2D eigenvalue weighted by atomic mass is 32.2. The molecule has 1 amide bonds. The normalized spacial score (nSPS) is 11.6. The van der Waals surface area contributed by atoms with Gasteiger partial charge in [-0.3, -0.25) is 4.79 Å². The fourth-order valence-corrected chi connectivity index (χ4v) is 3.30. The molecule has 0 radical (unpaired) electrons. The van der Waals surface area contributed by atoms with Crippen LogP contribution in [0.5, 0.6) is 5.75 Å². The van der Waals surface area contributed by atoms with Crippen molar-refractivity contribution in [3.05, 3.63) is 52.8 Å². The fraction of sp³-hybridized carbons (Fsp3) is 0.188. The van der Waals surface area contributed by atoms with Gasteiger partial charge in [0.2, 0.25) is 10.0 Å². The summed E-state index contributed by atoms with van der Waals surface area (Å²) in [6.45, 7) is 0. The highest BCUT2D eigenvalue weighted by molar-refractivity contribution is 7.89. The molecule has 0 unspecified atom stereocenters. The molecular formula is C16H13F5N2O4S. The highest BCUT2D eigenvalue weighted by Crippen LogP contribution is 2.30. The first kappa shape index (κ1) is 21.6. The molecule has 2 rings (SSSR count). The van der Waals surface area contributed by atoms with Gasteiger partial charge in [-0.2, -0.15) is 0 Å². The van der Waals surface area contributed by atoms with E-state index >= 15 is 0 Å². The van der Waals surface area contributed by atoms with Crippen molar-refractivity contribution in [2.75, 3.05) is 26.5 Å². The molecule has 152 valence electrons. The minimum atomic E-state index is -4.90. The van der Waals surface area contributed by atoms with Gasteiger partial charge in [0.1, 0.15) is 10.5 Å². The van der Waals surface area contributed by atoms with Crippen LogP contribution in [0.2, 0.25) is 0 Å². The Balaban J connectivity index is 2.67. The molecule has 0 saturated heterocycles. The SMILES string of the molecule is COc1ccc(NC(=O)c2c(F)c(F)c(F)c(F)c2S(=O)(=O)N(C)C)cc1F. The Kier molecular flexibility index (Phi) is 5.94. The van der Waals surface area contributed by atoms with Crippen molar-refractivity contribution < 1.29 is 39.9 Å². The number of nitrogens with zero attached hydrogens (tertiary/aromatic N) is 1. The summed E-state index contributed by atoms with van der Waals surface area (Å²) in [6.07, 6.45) is 0. The lowest BCUT2D eigenvalue weighted by atomic mass is 10.1. The Bertz CT molecular complexity index is 1060. The van der Waals surface area contributed by atoms with Crippen molar-refractivity contribution in [1.82, 2.24) is 4.31 Å². The van der Waals surface area contributed by atoms with Gasteiger partial charge in [-0.1, -0.05) is 0 Å². The van der Waals surface area contributed by atoms with E-state index in [0.29, 0.717) is 4.31 Å². The molecule has 0 spiro atoms. The van der Waals surface area contributed by atoms with Crippen molar-refractivity contribution in [3.8, 4) is 5.75 Å². The summed E-state index contributed by atoms with van der Waals surface area (Å²) in [7, 11) is -1.90. The molecule has 6 nitrogen and oxygen atoms in total. The summed E-state index contributed by atoms with van der Waals surface area (Å²) >= 11 is 0. The molecule has 2 aromatic rings. The Morgan fingerprint density at radius 2 is 1.57 bits per heavy atom. The Labute approximate surface area is 156 Å². The molecule has 0 aromatic heterocycles. The van der Waals surface area contributed by atoms with Gasteiger partial charge in [-0.15, -0.1) is 0 Å². The smallest absolute Gasteiger partial charge is 0.260 e. The number of rotatable bonds is 5. The maximum atomic E-state index is 14.2. The maximum Gasteiger partial charge on any atom is 0.260 e. The number of benzene rings is 2. The van der Waals surface area contributed by atoms with Crippen molar-refractivity contribution in [2.24, 2.45) is 0 Å². The van der Waals surface area contributed by atoms with Gasteiger partial charge in [0, 0.05) is 25.8 Å². The van der Waals surface area contributed by atoms with E-state index in [4.69, 9.17) is 0 Å². The number of sulfonamides is 1. The molecule has 1 N–H and O–H groups in total. The third-order valence-electron chi connectivity index (χ3n) is 3.60. The predicted octanol–water partition coefficient (Wildman–Crippen LogP) is 2.89. The average molecular weight is 424 g/mol. The van der Waals surface area contributed by atoms with Crippen LogP contribution in [0, 0.1) is 29.1 Å². The molecule has 0 aliphatic heterocycles. The molecule has 0 aliphatic carbocycles. The summed E-state index contributed by atoms with van der Waals surface area (Å²) in [6, 6.07) is 2.93. The van der Waals surface area contributed by atoms with Crippen LogP contribution in [0.15, 0.2) is 23.1 Å². The number of amides is 1. The maximum absolute atomic E-state index is 14.2. The summed E-state index contributed by atoms with van der Waals surface area (Å²) in [4.78, 5) is 10.7. The fourth-order valence-electron chi connectivity index (χ4n) is 2.18. The van der Waals surface area contributed by atoms with Gasteiger partial charge < -0.3 is 10.1 Å². The molecule has 0 fully saturated rings. The number of carbonyl (C=O) groups is 1. The second-order valence-corrected chi connectivity index (χ2v) is 7.64. The first-order chi connectivity index (χ1) is 12.9. The second-order valence-electron chi connectivity index (χ2n) is 5.55. The Morgan fingerprint density at radius 1 is 1.00 bits per heavy atom. The first-order valence-corrected chi connectivity index (χ1v) is 8.80. The van der Waals surface area contributed by atoms with E-state index in [2.05, 4.69) is 4.74 Å². The second kappa shape index (κ2) is 7.72. The molecular weight excluding hydrogens is 411 g/mol. The monoisotopic (exact) mass is 424 g/mol. The molecule has 28 heavy (non-hydrogen) atoms. The van der Waals surface area contributed by atoms with Crippen LogP contribution in [0.4, 0.5) is 27.6 Å². The zero-order valence-electron chi connectivity index (χ0n) is 14.6. The number of hydrogen-bond donors (Lipinski definition) is 1. The van der Waals surface area contributed by atoms with Gasteiger partial charge in [0.25, 0.3) is 5.91 Å². The van der Waals surface area contributed by atoms with E-state index in [0.717, 1.165) is 32.3 Å². The molecule has 0 bridgehead atoms. The zero-order valence-corrected chi connectivity index (χ0v) is 15.4. The van der Waals surface area contributed by atoms with Crippen LogP contribution in [0.3, 0.4) is 0 Å². The molecule has 12 heteroatoms. The Morgan fingerprint density at radius 3 is 2.07 bits per heavy atom. The largest absolute Gasteiger partial charge is 0.494 e.